The zero-order valence-corrected chi connectivity index (χ0v) is 13.1. The van der Waals surface area contributed by atoms with Crippen molar-refractivity contribution in [2.75, 3.05) is 5.32 Å². The lowest BCUT2D eigenvalue weighted by atomic mass is 10.1. The Hall–Kier alpha value is -2.16. The standard InChI is InChI=1S/C18H23NO2/c1-12(2)21-17-8-6-5-7-16(17)19-11-15-9-13(3)18(20)14(4)10-15/h5-10,12,19-20H,11H2,1-4H3. The smallest absolute Gasteiger partial charge is 0.142 e. The quantitative estimate of drug-likeness (QED) is 0.855. The van der Waals surface area contributed by atoms with Gasteiger partial charge in [0.15, 0.2) is 0 Å². The molecule has 0 amide bonds. The fourth-order valence-electron chi connectivity index (χ4n) is 2.31. The number of rotatable bonds is 5. The van der Waals surface area contributed by atoms with Crippen LogP contribution in [0.2, 0.25) is 0 Å². The van der Waals surface area contributed by atoms with E-state index in [0.29, 0.717) is 12.3 Å². The van der Waals surface area contributed by atoms with E-state index >= 15 is 0 Å². The van der Waals surface area contributed by atoms with Gasteiger partial charge in [-0.25, -0.2) is 0 Å². The first-order valence-corrected chi connectivity index (χ1v) is 7.26. The Morgan fingerprint density at radius 3 is 2.33 bits per heavy atom. The van der Waals surface area contributed by atoms with E-state index in [4.69, 9.17) is 4.74 Å². The van der Waals surface area contributed by atoms with Crippen LogP contribution in [0.1, 0.15) is 30.5 Å². The fourth-order valence-corrected chi connectivity index (χ4v) is 2.31. The maximum Gasteiger partial charge on any atom is 0.142 e. The van der Waals surface area contributed by atoms with Gasteiger partial charge in [-0.1, -0.05) is 24.3 Å². The summed E-state index contributed by atoms with van der Waals surface area (Å²) in [4.78, 5) is 0. The van der Waals surface area contributed by atoms with Crippen LogP contribution in [0.4, 0.5) is 5.69 Å². The van der Waals surface area contributed by atoms with Crippen molar-refractivity contribution in [3.8, 4) is 11.5 Å². The average molecular weight is 285 g/mol. The molecule has 0 saturated carbocycles. The second-order valence-electron chi connectivity index (χ2n) is 5.59. The summed E-state index contributed by atoms with van der Waals surface area (Å²) in [5, 5.41) is 13.2. The van der Waals surface area contributed by atoms with Crippen LogP contribution in [0.5, 0.6) is 11.5 Å². The van der Waals surface area contributed by atoms with E-state index in [1.807, 2.05) is 64.1 Å². The number of benzene rings is 2. The van der Waals surface area contributed by atoms with Crippen molar-refractivity contribution in [2.24, 2.45) is 0 Å². The Morgan fingerprint density at radius 1 is 1.10 bits per heavy atom. The summed E-state index contributed by atoms with van der Waals surface area (Å²) in [6.07, 6.45) is 0.145. The number of phenols is 1. The van der Waals surface area contributed by atoms with Gasteiger partial charge in [0.05, 0.1) is 11.8 Å². The number of ether oxygens (including phenoxy) is 1. The molecule has 3 heteroatoms. The van der Waals surface area contributed by atoms with Crippen LogP contribution in [0, 0.1) is 13.8 Å². The molecular weight excluding hydrogens is 262 g/mol. The summed E-state index contributed by atoms with van der Waals surface area (Å²) in [6, 6.07) is 11.9. The Bertz CT molecular complexity index is 597. The number of nitrogens with one attached hydrogen (secondary N) is 1. The molecule has 0 heterocycles. The Morgan fingerprint density at radius 2 is 1.71 bits per heavy atom. The third-order valence-corrected chi connectivity index (χ3v) is 3.28. The molecular formula is C18H23NO2. The number of phenolic OH excluding ortho intramolecular Hbond substituents is 1. The number of para-hydroxylation sites is 2. The first-order chi connectivity index (χ1) is 9.97. The topological polar surface area (TPSA) is 41.5 Å². The Kier molecular flexibility index (Phi) is 4.73. The van der Waals surface area contributed by atoms with Gasteiger partial charge < -0.3 is 15.2 Å². The van der Waals surface area contributed by atoms with E-state index in [-0.39, 0.29) is 6.10 Å². The summed E-state index contributed by atoms with van der Waals surface area (Å²) in [5.74, 6) is 1.24. The molecule has 0 unspecified atom stereocenters. The summed E-state index contributed by atoms with van der Waals surface area (Å²) >= 11 is 0. The molecule has 2 aromatic rings. The molecule has 0 aliphatic heterocycles. The van der Waals surface area contributed by atoms with E-state index < -0.39 is 0 Å². The van der Waals surface area contributed by atoms with E-state index in [2.05, 4.69) is 5.32 Å². The summed E-state index contributed by atoms with van der Waals surface area (Å²) in [7, 11) is 0. The highest BCUT2D eigenvalue weighted by molar-refractivity contribution is 5.56. The predicted octanol–water partition coefficient (Wildman–Crippen LogP) is 4.41. The molecule has 0 aromatic heterocycles. The molecule has 0 aliphatic carbocycles. The lowest BCUT2D eigenvalue weighted by Crippen LogP contribution is -2.08. The Labute approximate surface area is 126 Å². The SMILES string of the molecule is Cc1cc(CNc2ccccc2OC(C)C)cc(C)c1O. The second-order valence-corrected chi connectivity index (χ2v) is 5.59. The molecule has 0 bridgehead atoms. The maximum absolute atomic E-state index is 9.82. The second kappa shape index (κ2) is 6.53. The van der Waals surface area contributed by atoms with Crippen LogP contribution in [-0.2, 0) is 6.54 Å². The molecule has 3 nitrogen and oxygen atoms in total. The van der Waals surface area contributed by atoms with Crippen molar-refractivity contribution in [1.82, 2.24) is 0 Å². The van der Waals surface area contributed by atoms with E-state index in [1.165, 1.54) is 0 Å². The molecule has 0 saturated heterocycles. The van der Waals surface area contributed by atoms with Crippen LogP contribution in [-0.4, -0.2) is 11.2 Å². The van der Waals surface area contributed by atoms with E-state index in [9.17, 15) is 5.11 Å². The van der Waals surface area contributed by atoms with Gasteiger partial charge in [0.2, 0.25) is 0 Å². The minimum Gasteiger partial charge on any atom is -0.507 e. The highest BCUT2D eigenvalue weighted by Crippen LogP contribution is 2.27. The van der Waals surface area contributed by atoms with E-state index in [1.54, 1.807) is 0 Å². The molecule has 0 fully saturated rings. The van der Waals surface area contributed by atoms with Crippen molar-refractivity contribution < 1.29 is 9.84 Å². The third-order valence-electron chi connectivity index (χ3n) is 3.28. The minimum atomic E-state index is 0.145. The normalized spacial score (nSPS) is 10.7. The van der Waals surface area contributed by atoms with Crippen molar-refractivity contribution in [3.63, 3.8) is 0 Å². The molecule has 112 valence electrons. The molecule has 0 aliphatic rings. The summed E-state index contributed by atoms with van der Waals surface area (Å²) in [5.41, 5.74) is 3.92. The van der Waals surface area contributed by atoms with Gasteiger partial charge in [-0.3, -0.25) is 0 Å². The van der Waals surface area contributed by atoms with Crippen molar-refractivity contribution in [3.05, 3.63) is 53.1 Å². The van der Waals surface area contributed by atoms with Crippen molar-refractivity contribution in [2.45, 2.75) is 40.3 Å². The number of anilines is 1. The fraction of sp³-hybridized carbons (Fsp3) is 0.333. The van der Waals surface area contributed by atoms with Gasteiger partial charge in [-0.2, -0.15) is 0 Å². The zero-order valence-electron chi connectivity index (χ0n) is 13.1. The highest BCUT2D eigenvalue weighted by Gasteiger charge is 2.06. The van der Waals surface area contributed by atoms with Crippen LogP contribution in [0.25, 0.3) is 0 Å². The van der Waals surface area contributed by atoms with Gasteiger partial charge in [0.1, 0.15) is 11.5 Å². The summed E-state index contributed by atoms with van der Waals surface area (Å²) in [6.45, 7) is 8.57. The highest BCUT2D eigenvalue weighted by atomic mass is 16.5. The lowest BCUT2D eigenvalue weighted by Gasteiger charge is -2.16. The average Bonchev–Trinajstić information content (AvgIpc) is 2.43. The van der Waals surface area contributed by atoms with Gasteiger partial charge in [-0.15, -0.1) is 0 Å². The molecule has 2 N–H and O–H groups in total. The molecule has 0 atom stereocenters. The largest absolute Gasteiger partial charge is 0.507 e. The van der Waals surface area contributed by atoms with Crippen molar-refractivity contribution in [1.29, 1.82) is 0 Å². The minimum absolute atomic E-state index is 0.145. The number of hydrogen-bond donors (Lipinski definition) is 2. The maximum atomic E-state index is 9.82. The first kappa shape index (κ1) is 15.2. The number of hydrogen-bond acceptors (Lipinski definition) is 3. The molecule has 2 aromatic carbocycles. The molecule has 0 spiro atoms. The third kappa shape index (κ3) is 3.91. The number of aryl methyl sites for hydroxylation is 2. The van der Waals surface area contributed by atoms with Gasteiger partial charge in [-0.05, 0) is 56.5 Å². The lowest BCUT2D eigenvalue weighted by molar-refractivity contribution is 0.243. The molecule has 0 radical (unpaired) electrons. The van der Waals surface area contributed by atoms with Gasteiger partial charge in [0.25, 0.3) is 0 Å². The van der Waals surface area contributed by atoms with Gasteiger partial charge >= 0.3 is 0 Å². The predicted molar refractivity (Wildman–Crippen MR) is 87.1 cm³/mol. The van der Waals surface area contributed by atoms with Crippen LogP contribution in [0.3, 0.4) is 0 Å². The monoisotopic (exact) mass is 285 g/mol. The first-order valence-electron chi connectivity index (χ1n) is 7.26. The molecule has 2 rings (SSSR count). The van der Waals surface area contributed by atoms with Crippen LogP contribution < -0.4 is 10.1 Å². The van der Waals surface area contributed by atoms with Crippen LogP contribution in [0.15, 0.2) is 36.4 Å². The van der Waals surface area contributed by atoms with Gasteiger partial charge in [0, 0.05) is 6.54 Å². The summed E-state index contributed by atoms with van der Waals surface area (Å²) < 4.78 is 5.80. The van der Waals surface area contributed by atoms with Crippen LogP contribution >= 0.6 is 0 Å². The molecule has 21 heavy (non-hydrogen) atoms. The van der Waals surface area contributed by atoms with E-state index in [0.717, 1.165) is 28.1 Å². The Balaban J connectivity index is 2.13. The zero-order chi connectivity index (χ0) is 15.4. The van der Waals surface area contributed by atoms with Crippen molar-refractivity contribution >= 4 is 5.69 Å². The number of aromatic hydroxyl groups is 1.